The van der Waals surface area contributed by atoms with Crippen LogP contribution in [0.3, 0.4) is 0 Å². The zero-order chi connectivity index (χ0) is 17.1. The molecule has 0 fully saturated rings. The summed E-state index contributed by atoms with van der Waals surface area (Å²) in [7, 11) is 3.93. The molecule has 122 valence electrons. The van der Waals surface area contributed by atoms with Crippen molar-refractivity contribution in [2.75, 3.05) is 19.0 Å². The van der Waals surface area contributed by atoms with Crippen LogP contribution < -0.4 is 4.90 Å². The fraction of sp³-hybridized carbons (Fsp3) is 0.176. The molecule has 0 radical (unpaired) electrons. The van der Waals surface area contributed by atoms with E-state index in [1.165, 1.54) is 0 Å². The Morgan fingerprint density at radius 2 is 1.92 bits per heavy atom. The number of carbonyl (C=O) groups is 1. The second kappa shape index (κ2) is 6.49. The lowest BCUT2D eigenvalue weighted by Gasteiger charge is -2.11. The van der Waals surface area contributed by atoms with Gasteiger partial charge in [-0.1, -0.05) is 6.07 Å². The minimum Gasteiger partial charge on any atom is -0.481 e. The van der Waals surface area contributed by atoms with Gasteiger partial charge in [0.05, 0.1) is 17.8 Å². The topological polar surface area (TPSA) is 82.6 Å². The molecule has 0 unspecified atom stereocenters. The van der Waals surface area contributed by atoms with E-state index in [0.29, 0.717) is 22.8 Å². The summed E-state index contributed by atoms with van der Waals surface area (Å²) < 4.78 is 1.73. The molecule has 0 bridgehead atoms. The van der Waals surface area contributed by atoms with Crippen LogP contribution in [0.25, 0.3) is 5.65 Å². The monoisotopic (exact) mass is 323 g/mol. The lowest BCUT2D eigenvalue weighted by atomic mass is 10.3. The molecule has 0 spiro atoms. The van der Waals surface area contributed by atoms with Gasteiger partial charge in [-0.25, -0.2) is 4.98 Å². The molecular formula is C17H17N5O2. The Morgan fingerprint density at radius 3 is 2.58 bits per heavy atom. The number of imidazole rings is 1. The highest BCUT2D eigenvalue weighted by molar-refractivity contribution is 5.72. The number of fused-ring (bicyclic) bond motifs is 1. The van der Waals surface area contributed by atoms with Gasteiger partial charge in [0.2, 0.25) is 0 Å². The minimum atomic E-state index is -0.954. The van der Waals surface area contributed by atoms with Gasteiger partial charge in [0.25, 0.3) is 0 Å². The molecule has 2 aromatic heterocycles. The number of pyridine rings is 1. The maximum atomic E-state index is 11.0. The molecule has 0 aliphatic carbocycles. The summed E-state index contributed by atoms with van der Waals surface area (Å²) in [6, 6.07) is 13.1. The SMILES string of the molecule is CN(C)c1ccc(N=Nc2c(CC(=O)O)nc3ccccn23)cc1. The third kappa shape index (κ3) is 3.24. The molecule has 7 heteroatoms. The van der Waals surface area contributed by atoms with Crippen molar-refractivity contribution in [2.24, 2.45) is 10.2 Å². The van der Waals surface area contributed by atoms with E-state index in [1.807, 2.05) is 55.4 Å². The number of aromatic nitrogens is 2. The molecule has 3 aromatic rings. The van der Waals surface area contributed by atoms with Crippen molar-refractivity contribution in [3.05, 3.63) is 54.4 Å². The van der Waals surface area contributed by atoms with Crippen molar-refractivity contribution in [3.8, 4) is 0 Å². The van der Waals surface area contributed by atoms with Crippen LogP contribution in [0.1, 0.15) is 5.69 Å². The van der Waals surface area contributed by atoms with E-state index < -0.39 is 5.97 Å². The fourth-order valence-electron chi connectivity index (χ4n) is 2.32. The second-order valence-electron chi connectivity index (χ2n) is 5.49. The molecule has 0 saturated heterocycles. The van der Waals surface area contributed by atoms with E-state index in [-0.39, 0.29) is 6.42 Å². The summed E-state index contributed by atoms with van der Waals surface area (Å²) in [6.45, 7) is 0. The van der Waals surface area contributed by atoms with Gasteiger partial charge >= 0.3 is 5.97 Å². The van der Waals surface area contributed by atoms with Crippen LogP contribution >= 0.6 is 0 Å². The summed E-state index contributed by atoms with van der Waals surface area (Å²) in [6.07, 6.45) is 1.59. The molecule has 2 heterocycles. The van der Waals surface area contributed by atoms with Gasteiger partial charge in [-0.3, -0.25) is 9.20 Å². The molecule has 0 aliphatic heterocycles. The number of azo groups is 1. The van der Waals surface area contributed by atoms with Gasteiger partial charge in [-0.15, -0.1) is 10.2 Å². The largest absolute Gasteiger partial charge is 0.481 e. The molecule has 0 aliphatic rings. The number of hydrogen-bond acceptors (Lipinski definition) is 5. The zero-order valence-electron chi connectivity index (χ0n) is 13.4. The quantitative estimate of drug-likeness (QED) is 0.729. The van der Waals surface area contributed by atoms with Crippen molar-refractivity contribution >= 4 is 28.8 Å². The van der Waals surface area contributed by atoms with E-state index >= 15 is 0 Å². The minimum absolute atomic E-state index is 0.199. The van der Waals surface area contributed by atoms with Gasteiger partial charge in [0.1, 0.15) is 5.65 Å². The van der Waals surface area contributed by atoms with Crippen molar-refractivity contribution in [2.45, 2.75) is 6.42 Å². The smallest absolute Gasteiger partial charge is 0.309 e. The Morgan fingerprint density at radius 1 is 1.17 bits per heavy atom. The number of carboxylic acids is 1. The summed E-state index contributed by atoms with van der Waals surface area (Å²) in [5.74, 6) is -0.519. The first kappa shape index (κ1) is 15.7. The lowest BCUT2D eigenvalue weighted by Crippen LogP contribution is -2.07. The summed E-state index contributed by atoms with van der Waals surface area (Å²) in [4.78, 5) is 17.4. The molecule has 0 amide bonds. The average molecular weight is 323 g/mol. The Hall–Kier alpha value is -3.22. The van der Waals surface area contributed by atoms with E-state index in [9.17, 15) is 4.79 Å². The number of hydrogen-bond donors (Lipinski definition) is 1. The predicted molar refractivity (Wildman–Crippen MR) is 91.5 cm³/mol. The van der Waals surface area contributed by atoms with Gasteiger partial charge < -0.3 is 10.0 Å². The fourth-order valence-corrected chi connectivity index (χ4v) is 2.32. The van der Waals surface area contributed by atoms with Crippen LogP contribution in [0, 0.1) is 0 Å². The van der Waals surface area contributed by atoms with E-state index in [4.69, 9.17) is 5.11 Å². The van der Waals surface area contributed by atoms with Crippen molar-refractivity contribution in [3.63, 3.8) is 0 Å². The number of aliphatic carboxylic acids is 1. The Bertz CT molecular complexity index is 897. The maximum absolute atomic E-state index is 11.0. The molecule has 1 N–H and O–H groups in total. The lowest BCUT2D eigenvalue weighted by molar-refractivity contribution is -0.136. The van der Waals surface area contributed by atoms with Crippen LogP contribution in [0.4, 0.5) is 17.2 Å². The van der Waals surface area contributed by atoms with E-state index in [2.05, 4.69) is 15.2 Å². The third-order valence-corrected chi connectivity index (χ3v) is 3.52. The van der Waals surface area contributed by atoms with E-state index in [0.717, 1.165) is 5.69 Å². The van der Waals surface area contributed by atoms with Gasteiger partial charge in [-0.2, -0.15) is 0 Å². The number of carboxylic acid groups (broad SMARTS) is 1. The molecule has 3 rings (SSSR count). The van der Waals surface area contributed by atoms with Crippen LogP contribution in [0.15, 0.2) is 58.9 Å². The van der Waals surface area contributed by atoms with Crippen LogP contribution in [-0.2, 0) is 11.2 Å². The maximum Gasteiger partial charge on any atom is 0.309 e. The standard InChI is InChI=1S/C17H17N5O2/c1-21(2)13-8-6-12(7-9-13)19-20-17-14(11-16(23)24)18-15-5-3-4-10-22(15)17/h3-10H,11H2,1-2H3,(H,23,24). The second-order valence-corrected chi connectivity index (χ2v) is 5.49. The highest BCUT2D eigenvalue weighted by Crippen LogP contribution is 2.25. The van der Waals surface area contributed by atoms with Gasteiger partial charge in [0.15, 0.2) is 5.82 Å². The Labute approximate surface area is 138 Å². The summed E-state index contributed by atoms with van der Waals surface area (Å²) in [5, 5.41) is 17.5. The number of benzene rings is 1. The first-order valence-electron chi connectivity index (χ1n) is 7.41. The predicted octanol–water partition coefficient (Wildman–Crippen LogP) is 3.44. The molecule has 24 heavy (non-hydrogen) atoms. The number of rotatable bonds is 5. The molecule has 0 atom stereocenters. The van der Waals surface area contributed by atoms with Crippen LogP contribution in [0.2, 0.25) is 0 Å². The van der Waals surface area contributed by atoms with Crippen molar-refractivity contribution in [1.29, 1.82) is 0 Å². The molecule has 0 saturated carbocycles. The first-order valence-corrected chi connectivity index (χ1v) is 7.41. The van der Waals surface area contributed by atoms with Crippen LogP contribution in [0.5, 0.6) is 0 Å². The van der Waals surface area contributed by atoms with Gasteiger partial charge in [0, 0.05) is 26.0 Å². The van der Waals surface area contributed by atoms with E-state index in [1.54, 1.807) is 16.7 Å². The van der Waals surface area contributed by atoms with Crippen molar-refractivity contribution in [1.82, 2.24) is 9.38 Å². The third-order valence-electron chi connectivity index (χ3n) is 3.52. The molecular weight excluding hydrogens is 306 g/mol. The van der Waals surface area contributed by atoms with Crippen molar-refractivity contribution < 1.29 is 9.90 Å². The average Bonchev–Trinajstić information content (AvgIpc) is 2.89. The number of anilines is 1. The highest BCUT2D eigenvalue weighted by Gasteiger charge is 2.14. The summed E-state index contributed by atoms with van der Waals surface area (Å²) >= 11 is 0. The Balaban J connectivity index is 1.97. The Kier molecular flexibility index (Phi) is 4.24. The van der Waals surface area contributed by atoms with Crippen LogP contribution in [-0.4, -0.2) is 34.6 Å². The first-order chi connectivity index (χ1) is 11.5. The number of nitrogens with zero attached hydrogens (tertiary/aromatic N) is 5. The molecule has 7 nitrogen and oxygen atoms in total. The van der Waals surface area contributed by atoms with Gasteiger partial charge in [-0.05, 0) is 36.4 Å². The molecule has 1 aromatic carbocycles. The summed E-state index contributed by atoms with van der Waals surface area (Å²) in [5.41, 5.74) is 2.79. The highest BCUT2D eigenvalue weighted by atomic mass is 16.4. The normalized spacial score (nSPS) is 11.2. The zero-order valence-corrected chi connectivity index (χ0v) is 13.4.